The number of hydrogen-bond acceptors (Lipinski definition) is 11. The van der Waals surface area contributed by atoms with Gasteiger partial charge in [0, 0.05) is 25.0 Å². The molecule has 0 aliphatic carbocycles. The smallest absolute Gasteiger partial charge is 0.543 e. The van der Waals surface area contributed by atoms with Gasteiger partial charge >= 0.3 is 35.6 Å². The van der Waals surface area contributed by atoms with Gasteiger partial charge in [0.15, 0.2) is 4.34 Å². The molecule has 0 spiro atoms. The van der Waals surface area contributed by atoms with Crippen LogP contribution in [0.3, 0.4) is 0 Å². The van der Waals surface area contributed by atoms with Crippen molar-refractivity contribution in [3.05, 3.63) is 88.1 Å². The predicted octanol–water partition coefficient (Wildman–Crippen LogP) is -0.721. The van der Waals surface area contributed by atoms with Crippen molar-refractivity contribution in [2.45, 2.75) is 48.0 Å². The molecule has 1 aromatic heterocycles. The molecule has 0 saturated carbocycles. The maximum absolute atomic E-state index is 13.6. The molecule has 1 saturated heterocycles. The Morgan fingerprint density at radius 1 is 1.09 bits per heavy atom. The van der Waals surface area contributed by atoms with E-state index in [9.17, 15) is 29.1 Å². The molecule has 0 bridgehead atoms. The minimum Gasteiger partial charge on any atom is -0.543 e. The van der Waals surface area contributed by atoms with E-state index in [0.29, 0.717) is 39.8 Å². The number of carboxylic acids is 1. The second kappa shape index (κ2) is 16.8. The number of rotatable bonds is 12. The fraction of sp³-hybridized carbons (Fsp3) is 0.323. The van der Waals surface area contributed by atoms with E-state index in [1.165, 1.54) is 41.9 Å². The van der Waals surface area contributed by atoms with Crippen molar-refractivity contribution < 1.29 is 58.6 Å². The zero-order chi connectivity index (χ0) is 32.8. The number of amides is 5. The largest absolute Gasteiger partial charge is 1.00 e. The molecular formula is C31H31N6NaO6S3. The third kappa shape index (κ3) is 8.83. The van der Waals surface area contributed by atoms with Crippen molar-refractivity contribution >= 4 is 64.6 Å². The molecule has 2 aromatic carbocycles. The van der Waals surface area contributed by atoms with Gasteiger partial charge < -0.3 is 20.5 Å². The number of aromatic nitrogens is 2. The maximum Gasteiger partial charge on any atom is 1.00 e. The summed E-state index contributed by atoms with van der Waals surface area (Å²) in [5.74, 6) is -2.54. The number of fused-ring (bicyclic) bond motifs is 1. The minimum atomic E-state index is -1.47. The van der Waals surface area contributed by atoms with Crippen molar-refractivity contribution in [3.8, 4) is 0 Å². The first kappa shape index (κ1) is 36.6. The molecule has 2 aliphatic rings. The van der Waals surface area contributed by atoms with Gasteiger partial charge in [-0.3, -0.25) is 24.2 Å². The number of hydrogen-bond donors (Lipinski definition) is 2. The number of β-lactam (4-membered cyclic amide) rings is 1. The van der Waals surface area contributed by atoms with Gasteiger partial charge in [0.05, 0.1) is 11.7 Å². The van der Waals surface area contributed by atoms with Crippen LogP contribution in [0.1, 0.15) is 35.0 Å². The summed E-state index contributed by atoms with van der Waals surface area (Å²) in [5.41, 5.74) is 1.85. The number of urea groups is 1. The number of aliphatic carboxylic acids is 1. The Morgan fingerprint density at radius 3 is 2.40 bits per heavy atom. The average Bonchev–Trinajstić information content (AvgIpc) is 3.49. The van der Waals surface area contributed by atoms with Crippen LogP contribution >= 0.6 is 34.9 Å². The summed E-state index contributed by atoms with van der Waals surface area (Å²) in [6.07, 6.45) is 1.37. The van der Waals surface area contributed by atoms with Crippen LogP contribution in [0.5, 0.6) is 0 Å². The predicted molar refractivity (Wildman–Crippen MR) is 172 cm³/mol. The van der Waals surface area contributed by atoms with Crippen LogP contribution in [0.4, 0.5) is 4.79 Å². The quantitative estimate of drug-likeness (QED) is 0.140. The van der Waals surface area contributed by atoms with Crippen molar-refractivity contribution in [1.82, 2.24) is 30.6 Å². The number of aryl methyl sites for hydroxylation is 2. The molecule has 3 heterocycles. The van der Waals surface area contributed by atoms with Gasteiger partial charge in [0.2, 0.25) is 11.8 Å². The summed E-state index contributed by atoms with van der Waals surface area (Å²) in [7, 11) is 1.35. The van der Waals surface area contributed by atoms with Crippen LogP contribution in [0.25, 0.3) is 0 Å². The molecule has 1 fully saturated rings. The fourth-order valence-electron chi connectivity index (χ4n) is 5.04. The minimum absolute atomic E-state index is 0. The molecule has 3 aromatic rings. The standard InChI is InChI=1S/C31H32N6O6S3.Na/c1-18-34-35-31(46-18)45-17-21-16-44-28-24(27(40)37(28)25(21)29(41)42)32-26(39)23(20-13-7-4-8-14-20)33-30(43)36(2)22(38)15-9-12-19-10-5-3-6-11-19;/h3-8,10-11,13-14,23-24,28H,9,12,15-17H2,1-2H3,(H,32,39)(H,33,43)(H,41,42);/q;+1/p-1/t23?,24?,28-;/m0./s1. The van der Waals surface area contributed by atoms with Gasteiger partial charge in [0.1, 0.15) is 22.5 Å². The summed E-state index contributed by atoms with van der Waals surface area (Å²) in [5, 5.41) is 25.6. The molecule has 5 amide bonds. The van der Waals surface area contributed by atoms with Crippen LogP contribution < -0.4 is 45.3 Å². The first-order chi connectivity index (χ1) is 22.1. The van der Waals surface area contributed by atoms with E-state index >= 15 is 0 Å². The number of thioether (sulfide) groups is 2. The molecule has 0 radical (unpaired) electrons. The number of nitrogens with zero attached hydrogens (tertiary/aromatic N) is 4. The van der Waals surface area contributed by atoms with Crippen molar-refractivity contribution in [1.29, 1.82) is 0 Å². The molecule has 2 unspecified atom stereocenters. The molecule has 2 aliphatic heterocycles. The Hall–Kier alpha value is -3.21. The van der Waals surface area contributed by atoms with E-state index in [-0.39, 0.29) is 41.7 Å². The van der Waals surface area contributed by atoms with Gasteiger partial charge in [-0.05, 0) is 36.5 Å². The Balaban J connectivity index is 0.00000500. The van der Waals surface area contributed by atoms with E-state index in [1.807, 2.05) is 37.3 Å². The number of carboxylic acid groups (broad SMARTS) is 1. The fourth-order valence-corrected chi connectivity index (χ4v) is 8.34. The zero-order valence-electron chi connectivity index (χ0n) is 26.0. The van der Waals surface area contributed by atoms with E-state index in [2.05, 4.69) is 20.8 Å². The Kier molecular flexibility index (Phi) is 13.1. The normalized spacial score (nSPS) is 17.5. The first-order valence-electron chi connectivity index (χ1n) is 14.4. The monoisotopic (exact) mass is 702 g/mol. The van der Waals surface area contributed by atoms with Gasteiger partial charge in [-0.1, -0.05) is 83.8 Å². The molecule has 240 valence electrons. The van der Waals surface area contributed by atoms with E-state index < -0.39 is 47.2 Å². The number of imide groups is 1. The van der Waals surface area contributed by atoms with Gasteiger partial charge in [0.25, 0.3) is 5.91 Å². The average molecular weight is 703 g/mol. The van der Waals surface area contributed by atoms with E-state index in [4.69, 9.17) is 0 Å². The molecular weight excluding hydrogens is 672 g/mol. The van der Waals surface area contributed by atoms with E-state index in [1.54, 1.807) is 30.3 Å². The van der Waals surface area contributed by atoms with Crippen LogP contribution in [0, 0.1) is 6.92 Å². The summed E-state index contributed by atoms with van der Waals surface area (Å²) in [4.78, 5) is 67.0. The summed E-state index contributed by atoms with van der Waals surface area (Å²) in [6.45, 7) is 1.82. The number of benzene rings is 2. The Bertz CT molecular complexity index is 1660. The summed E-state index contributed by atoms with van der Waals surface area (Å²) < 4.78 is 0.684. The SMILES string of the molecule is Cc1nnc(SCC2=C(C(=O)[O-])N3C(=O)C(NC(=O)C(NC(=O)N(C)C(=O)CCCc4ccccc4)c4ccccc4)[C@@H]3SC2)s1.[Na+]. The Labute approximate surface area is 306 Å². The molecule has 12 nitrogen and oxygen atoms in total. The molecule has 47 heavy (non-hydrogen) atoms. The van der Waals surface area contributed by atoms with Crippen molar-refractivity contribution in [2.24, 2.45) is 0 Å². The number of carbonyl (C=O) groups excluding carboxylic acids is 5. The second-order valence-corrected chi connectivity index (χ2v) is 14.1. The van der Waals surface area contributed by atoms with Crippen LogP contribution in [0.15, 0.2) is 76.3 Å². The van der Waals surface area contributed by atoms with Gasteiger partial charge in [-0.25, -0.2) is 4.79 Å². The number of nitrogens with one attached hydrogen (secondary N) is 2. The maximum atomic E-state index is 13.6. The second-order valence-electron chi connectivity index (χ2n) is 10.6. The van der Waals surface area contributed by atoms with Crippen molar-refractivity contribution in [3.63, 3.8) is 0 Å². The third-order valence-electron chi connectivity index (χ3n) is 7.46. The van der Waals surface area contributed by atoms with Gasteiger partial charge in [-0.2, -0.15) is 0 Å². The first-order valence-corrected chi connectivity index (χ1v) is 17.3. The zero-order valence-corrected chi connectivity index (χ0v) is 30.5. The van der Waals surface area contributed by atoms with Crippen molar-refractivity contribution in [2.75, 3.05) is 18.6 Å². The molecule has 3 atom stereocenters. The van der Waals surface area contributed by atoms with Crippen LogP contribution in [0.2, 0.25) is 0 Å². The Morgan fingerprint density at radius 2 is 1.77 bits per heavy atom. The van der Waals surface area contributed by atoms with Gasteiger partial charge in [-0.15, -0.1) is 22.0 Å². The topological polar surface area (TPSA) is 165 Å². The molecule has 2 N–H and O–H groups in total. The van der Waals surface area contributed by atoms with Crippen LogP contribution in [-0.4, -0.2) is 79.7 Å². The van der Waals surface area contributed by atoms with E-state index in [0.717, 1.165) is 20.4 Å². The molecule has 5 rings (SSSR count). The summed E-state index contributed by atoms with van der Waals surface area (Å²) in [6, 6.07) is 15.2. The molecule has 16 heteroatoms. The summed E-state index contributed by atoms with van der Waals surface area (Å²) >= 11 is 4.05. The number of carbonyl (C=O) groups is 5. The third-order valence-corrected chi connectivity index (χ3v) is 10.9. The van der Waals surface area contributed by atoms with Crippen LogP contribution in [-0.2, 0) is 25.6 Å².